The third-order valence-corrected chi connectivity index (χ3v) is 5.07. The summed E-state index contributed by atoms with van der Waals surface area (Å²) in [6.45, 7) is 2.32. The molecule has 0 saturated heterocycles. The van der Waals surface area contributed by atoms with Crippen molar-refractivity contribution >= 4 is 15.2 Å². The van der Waals surface area contributed by atoms with Crippen LogP contribution in [0.5, 0.6) is 0 Å². The molecule has 0 N–H and O–H groups in total. The fraction of sp³-hybridized carbons (Fsp3) is 1.00. The van der Waals surface area contributed by atoms with E-state index in [-0.39, 0.29) is 95.2 Å². The Balaban J connectivity index is -0.000000807. The van der Waals surface area contributed by atoms with Gasteiger partial charge in [-0.1, -0.05) is 79.9 Å². The van der Waals surface area contributed by atoms with Gasteiger partial charge in [-0.05, 0) is 13.0 Å². The summed E-state index contributed by atoms with van der Waals surface area (Å²) in [5, 5.41) is 0. The molecule has 0 amide bonds. The first-order chi connectivity index (χ1) is 10.6. The van der Waals surface area contributed by atoms with Crippen LogP contribution in [0.2, 0.25) is 0 Å². The molecular weight excluding hydrogens is 409 g/mol. The topological polar surface area (TPSA) is 130 Å². The Bertz CT molecular complexity index is 371. The molecule has 0 aliphatic heterocycles. The van der Waals surface area contributed by atoms with Crippen LogP contribution in [0.1, 0.15) is 71.1 Å². The third-order valence-electron chi connectivity index (χ3n) is 3.57. The predicted octanol–water partition coefficient (Wildman–Crippen LogP) is -8.04. The normalized spacial score (nSPS) is 11.5. The van der Waals surface area contributed by atoms with Crippen LogP contribution < -0.4 is 108 Å². The van der Waals surface area contributed by atoms with Crippen LogP contribution >= 0.6 is 15.2 Å². The van der Waals surface area contributed by atoms with Crippen LogP contribution in [0.3, 0.4) is 0 Å². The minimum absolute atomic E-state index is 0. The van der Waals surface area contributed by atoms with Crippen LogP contribution in [0.25, 0.3) is 0 Å². The molecule has 0 aromatic rings. The van der Waals surface area contributed by atoms with Crippen molar-refractivity contribution in [3.05, 3.63) is 0 Å². The predicted molar refractivity (Wildman–Crippen MR) is 83.5 cm³/mol. The summed E-state index contributed by atoms with van der Waals surface area (Å²) in [6.07, 6.45) is 9.11. The van der Waals surface area contributed by atoms with E-state index in [2.05, 4.69) is 6.92 Å². The van der Waals surface area contributed by atoms with Gasteiger partial charge in [0.15, 0.2) is 0 Å². The number of hydrogen-bond acceptors (Lipinski definition) is 7. The maximum atomic E-state index is 10.7. The van der Waals surface area contributed by atoms with E-state index in [0.29, 0.717) is 6.42 Å². The Hall–Kier alpha value is 3.26. The second-order valence-electron chi connectivity index (χ2n) is 6.08. The molecule has 0 bridgehead atoms. The first-order valence-corrected chi connectivity index (χ1v) is 11.8. The first-order valence-electron chi connectivity index (χ1n) is 8.38. The van der Waals surface area contributed by atoms with Gasteiger partial charge in [0, 0.05) is 12.6 Å². The molecule has 0 spiro atoms. The third kappa shape index (κ3) is 29.5. The monoisotopic (exact) mass is 438 g/mol. The zero-order chi connectivity index (χ0) is 17.8. The Morgan fingerprint density at radius 2 is 0.923 bits per heavy atom. The van der Waals surface area contributed by atoms with Crippen molar-refractivity contribution in [1.82, 2.24) is 4.90 Å². The second-order valence-corrected chi connectivity index (χ2v) is 9.09. The van der Waals surface area contributed by atoms with E-state index >= 15 is 0 Å². The van der Waals surface area contributed by atoms with E-state index in [1.54, 1.807) is 0 Å². The van der Waals surface area contributed by atoms with E-state index in [4.69, 9.17) is 0 Å². The quantitative estimate of drug-likeness (QED) is 0.141. The largest absolute Gasteiger partial charge is 1.00 e. The van der Waals surface area contributed by atoms with Crippen molar-refractivity contribution < 1.29 is 117 Å². The maximum Gasteiger partial charge on any atom is 1.00 e. The van der Waals surface area contributed by atoms with Gasteiger partial charge in [0.1, 0.15) is 0 Å². The Morgan fingerprint density at radius 3 is 1.23 bits per heavy atom. The zero-order valence-corrected chi connectivity index (χ0v) is 24.8. The van der Waals surface area contributed by atoms with Crippen LogP contribution in [-0.2, 0) is 9.13 Å². The molecule has 0 aromatic carbocycles. The van der Waals surface area contributed by atoms with Crippen LogP contribution in [-0.4, -0.2) is 24.0 Å². The van der Waals surface area contributed by atoms with Crippen LogP contribution in [0.4, 0.5) is 0 Å². The maximum absolute atomic E-state index is 10.7. The molecule has 0 heterocycles. The van der Waals surface area contributed by atoms with E-state index in [1.807, 2.05) is 0 Å². The van der Waals surface area contributed by atoms with Gasteiger partial charge in [-0.25, -0.2) is 0 Å². The van der Waals surface area contributed by atoms with Gasteiger partial charge in [-0.15, -0.1) is 0 Å². The molecule has 0 saturated carbocycles. The molecule has 7 nitrogen and oxygen atoms in total. The summed E-state index contributed by atoms with van der Waals surface area (Å²) in [7, 11) is -9.72. The van der Waals surface area contributed by atoms with Crippen molar-refractivity contribution in [2.75, 3.05) is 19.1 Å². The van der Waals surface area contributed by atoms with Crippen molar-refractivity contribution in [1.29, 1.82) is 0 Å². The fourth-order valence-corrected chi connectivity index (χ4v) is 4.12. The Morgan fingerprint density at radius 1 is 0.615 bits per heavy atom. The Labute approximate surface area is 225 Å². The van der Waals surface area contributed by atoms with Gasteiger partial charge in [0.2, 0.25) is 0 Å². The smallest absolute Gasteiger partial charge is 0.810 e. The summed E-state index contributed by atoms with van der Waals surface area (Å²) in [4.78, 5) is 43.9. The average Bonchev–Trinajstić information content (AvgIpc) is 2.37. The van der Waals surface area contributed by atoms with E-state index in [1.165, 1.54) is 38.5 Å². The summed E-state index contributed by atoms with van der Waals surface area (Å²) in [5.41, 5.74) is 0. The minimum Gasteiger partial charge on any atom is -0.810 e. The Kier molecular flexibility index (Phi) is 30.3. The summed E-state index contributed by atoms with van der Waals surface area (Å²) >= 11 is 0. The number of nitrogens with zero attached hydrogens (tertiary/aromatic N) is 1. The van der Waals surface area contributed by atoms with Gasteiger partial charge < -0.3 is 28.7 Å². The van der Waals surface area contributed by atoms with Crippen molar-refractivity contribution in [3.8, 4) is 0 Å². The molecule has 12 heteroatoms. The SMILES string of the molecule is CCCCCCCCCCCCN(CP(=O)([O-])[O-])CP(=O)([O-])[O-].[Na+].[Na+].[Na+]. The van der Waals surface area contributed by atoms with Gasteiger partial charge >= 0.3 is 88.7 Å². The molecule has 0 fully saturated rings. The standard InChI is InChI=1S/C14H33NO6P2.3Na/c1-2-3-4-5-6-7-8-9-10-11-12-15(13-22(16,17)18)14-23(19,20)21;;;/h2-14H2,1H3,(H2,16,17,18)(H2,19,20,21);;;/q;3*+1/p-4. The number of hydrogen-bond donors (Lipinski definition) is 0. The molecule has 0 unspecified atom stereocenters. The van der Waals surface area contributed by atoms with Crippen LogP contribution in [0, 0.1) is 0 Å². The van der Waals surface area contributed by atoms with Gasteiger partial charge in [-0.3, -0.25) is 4.90 Å². The minimum atomic E-state index is -4.86. The molecule has 0 aromatic heterocycles. The van der Waals surface area contributed by atoms with Crippen molar-refractivity contribution in [2.45, 2.75) is 71.1 Å². The molecule has 0 radical (unpaired) electrons. The average molecular weight is 438 g/mol. The zero-order valence-electron chi connectivity index (χ0n) is 17.0. The number of rotatable bonds is 15. The fourth-order valence-electron chi connectivity index (χ4n) is 2.50. The molecule has 0 rings (SSSR count). The summed E-state index contributed by atoms with van der Waals surface area (Å²) in [6, 6.07) is 0. The molecule has 0 atom stereocenters. The van der Waals surface area contributed by atoms with Crippen molar-refractivity contribution in [2.24, 2.45) is 0 Å². The van der Waals surface area contributed by atoms with Gasteiger partial charge in [0.25, 0.3) is 0 Å². The second kappa shape index (κ2) is 21.5. The first kappa shape index (κ1) is 36.6. The molecular formula is C14H29NNa3O6P2-. The molecule has 0 aliphatic rings. The number of unbranched alkanes of at least 4 members (excludes halogenated alkanes) is 9. The van der Waals surface area contributed by atoms with E-state index in [9.17, 15) is 28.7 Å². The molecule has 140 valence electrons. The van der Waals surface area contributed by atoms with Gasteiger partial charge in [-0.2, -0.15) is 0 Å². The summed E-state index contributed by atoms with van der Waals surface area (Å²) in [5.74, 6) is 0. The molecule has 26 heavy (non-hydrogen) atoms. The van der Waals surface area contributed by atoms with Crippen molar-refractivity contribution in [3.63, 3.8) is 0 Å². The van der Waals surface area contributed by atoms with Gasteiger partial charge in [0.05, 0.1) is 0 Å². The van der Waals surface area contributed by atoms with E-state index in [0.717, 1.165) is 24.2 Å². The molecule has 0 aliphatic carbocycles. The van der Waals surface area contributed by atoms with E-state index < -0.39 is 27.8 Å². The summed E-state index contributed by atoms with van der Waals surface area (Å²) < 4.78 is 21.5. The van der Waals surface area contributed by atoms with Crippen LogP contribution in [0.15, 0.2) is 0 Å².